The number of nitrogens with one attached hydrogen (secondary N) is 1. The van der Waals surface area contributed by atoms with Gasteiger partial charge in [-0.05, 0) is 31.2 Å². The highest BCUT2D eigenvalue weighted by atomic mass is 35.5. The summed E-state index contributed by atoms with van der Waals surface area (Å²) in [5, 5.41) is 3.35. The summed E-state index contributed by atoms with van der Waals surface area (Å²) in [6, 6.07) is 10.7. The van der Waals surface area contributed by atoms with E-state index in [1.165, 1.54) is 7.11 Å². The summed E-state index contributed by atoms with van der Waals surface area (Å²) in [4.78, 5) is 14.4. The minimum atomic E-state index is -0.147. The molecule has 0 bridgehead atoms. The molecule has 0 heterocycles. The summed E-state index contributed by atoms with van der Waals surface area (Å²) < 4.78 is 15.7. The third kappa shape index (κ3) is 4.73. The molecule has 0 radical (unpaired) electrons. The largest absolute Gasteiger partial charge is 0.495 e. The Labute approximate surface area is 158 Å². The van der Waals surface area contributed by atoms with Gasteiger partial charge in [-0.25, -0.2) is 0 Å². The average molecular weight is 379 g/mol. The van der Waals surface area contributed by atoms with Gasteiger partial charge in [-0.2, -0.15) is 0 Å². The Hall–Kier alpha value is -2.60. The first kappa shape index (κ1) is 19.7. The van der Waals surface area contributed by atoms with E-state index in [0.717, 1.165) is 5.69 Å². The molecule has 2 aromatic carbocycles. The quantitative estimate of drug-likeness (QED) is 0.756. The van der Waals surface area contributed by atoms with Gasteiger partial charge in [-0.1, -0.05) is 11.6 Å². The van der Waals surface area contributed by atoms with Crippen molar-refractivity contribution < 1.29 is 19.0 Å². The minimum absolute atomic E-state index is 0.147. The number of methoxy groups -OCH3 is 3. The molecular weight excluding hydrogens is 356 g/mol. The Bertz CT molecular complexity index is 767. The minimum Gasteiger partial charge on any atom is -0.495 e. The molecule has 0 aliphatic carbocycles. The third-order valence-electron chi connectivity index (χ3n) is 3.88. The average Bonchev–Trinajstić information content (AvgIpc) is 2.66. The van der Waals surface area contributed by atoms with Crippen LogP contribution in [0.2, 0.25) is 5.02 Å². The van der Waals surface area contributed by atoms with Crippen molar-refractivity contribution in [2.45, 2.75) is 6.92 Å². The van der Waals surface area contributed by atoms with Crippen LogP contribution in [0, 0.1) is 0 Å². The summed E-state index contributed by atoms with van der Waals surface area (Å²) in [5.41, 5.74) is 1.49. The zero-order valence-corrected chi connectivity index (χ0v) is 16.1. The van der Waals surface area contributed by atoms with E-state index in [0.29, 0.717) is 34.5 Å². The van der Waals surface area contributed by atoms with Crippen LogP contribution in [0.25, 0.3) is 0 Å². The van der Waals surface area contributed by atoms with Crippen molar-refractivity contribution in [2.24, 2.45) is 0 Å². The molecule has 0 aliphatic heterocycles. The van der Waals surface area contributed by atoms with Crippen LogP contribution in [-0.4, -0.2) is 40.3 Å². The number of anilines is 2. The molecule has 0 spiro atoms. The van der Waals surface area contributed by atoms with Gasteiger partial charge in [-0.15, -0.1) is 0 Å². The molecule has 2 rings (SSSR count). The van der Waals surface area contributed by atoms with Gasteiger partial charge in [0.15, 0.2) is 11.5 Å². The highest BCUT2D eigenvalue weighted by Gasteiger charge is 2.14. The number of carbonyl (C=O) groups excluding carboxylic acids is 1. The molecule has 140 valence electrons. The summed E-state index contributed by atoms with van der Waals surface area (Å²) in [7, 11) is 4.70. The van der Waals surface area contributed by atoms with E-state index in [9.17, 15) is 4.79 Å². The molecule has 0 atom stereocenters. The second-order valence-corrected chi connectivity index (χ2v) is 5.86. The summed E-state index contributed by atoms with van der Waals surface area (Å²) >= 11 is 6.00. The monoisotopic (exact) mass is 378 g/mol. The van der Waals surface area contributed by atoms with E-state index in [4.69, 9.17) is 25.8 Å². The van der Waals surface area contributed by atoms with Crippen LogP contribution >= 0.6 is 11.6 Å². The van der Waals surface area contributed by atoms with E-state index in [2.05, 4.69) is 5.32 Å². The molecule has 0 aliphatic rings. The van der Waals surface area contributed by atoms with Crippen LogP contribution in [0.4, 0.5) is 11.4 Å². The number of benzene rings is 2. The molecule has 26 heavy (non-hydrogen) atoms. The van der Waals surface area contributed by atoms with E-state index < -0.39 is 0 Å². The number of hydrogen-bond donors (Lipinski definition) is 1. The van der Waals surface area contributed by atoms with E-state index >= 15 is 0 Å². The topological polar surface area (TPSA) is 60.0 Å². The molecule has 2 aromatic rings. The zero-order valence-electron chi connectivity index (χ0n) is 15.3. The van der Waals surface area contributed by atoms with Gasteiger partial charge in [-0.3, -0.25) is 4.79 Å². The fourth-order valence-corrected chi connectivity index (χ4v) is 2.71. The Morgan fingerprint density at radius 3 is 2.31 bits per heavy atom. The summed E-state index contributed by atoms with van der Waals surface area (Å²) in [6.07, 6.45) is 0. The molecular formula is C19H23ClN2O4. The first-order chi connectivity index (χ1) is 12.5. The van der Waals surface area contributed by atoms with Crippen molar-refractivity contribution in [2.75, 3.05) is 44.6 Å². The van der Waals surface area contributed by atoms with E-state index in [1.54, 1.807) is 32.4 Å². The van der Waals surface area contributed by atoms with Gasteiger partial charge in [0.1, 0.15) is 5.75 Å². The van der Waals surface area contributed by atoms with Gasteiger partial charge >= 0.3 is 0 Å². The summed E-state index contributed by atoms with van der Waals surface area (Å²) in [6.45, 7) is 2.83. The SMILES string of the molecule is CCN(CC(=O)Nc1ccc(Cl)c(OC)c1)c1ccc(OC)c(OC)c1. The normalized spacial score (nSPS) is 10.2. The molecule has 0 saturated heterocycles. The van der Waals surface area contributed by atoms with Gasteiger partial charge < -0.3 is 24.4 Å². The first-order valence-electron chi connectivity index (χ1n) is 8.12. The molecule has 1 N–H and O–H groups in total. The lowest BCUT2D eigenvalue weighted by molar-refractivity contribution is -0.115. The Morgan fingerprint density at radius 2 is 1.69 bits per heavy atom. The fourth-order valence-electron chi connectivity index (χ4n) is 2.52. The van der Waals surface area contributed by atoms with Crippen molar-refractivity contribution >= 4 is 28.9 Å². The lowest BCUT2D eigenvalue weighted by atomic mass is 10.2. The Balaban J connectivity index is 2.11. The maximum absolute atomic E-state index is 12.4. The highest BCUT2D eigenvalue weighted by molar-refractivity contribution is 6.32. The smallest absolute Gasteiger partial charge is 0.243 e. The first-order valence-corrected chi connectivity index (χ1v) is 8.50. The maximum atomic E-state index is 12.4. The third-order valence-corrected chi connectivity index (χ3v) is 4.20. The molecule has 0 saturated carbocycles. The molecule has 6 nitrogen and oxygen atoms in total. The lowest BCUT2D eigenvalue weighted by Crippen LogP contribution is -2.33. The van der Waals surface area contributed by atoms with Crippen molar-refractivity contribution in [1.82, 2.24) is 0 Å². The van der Waals surface area contributed by atoms with Crippen LogP contribution in [0.15, 0.2) is 36.4 Å². The standard InChI is InChI=1S/C19H23ClN2O4/c1-5-22(14-7-9-16(24-2)18(11-14)26-4)12-19(23)21-13-6-8-15(20)17(10-13)25-3/h6-11H,5,12H2,1-4H3,(H,21,23). The van der Waals surface area contributed by atoms with Crippen molar-refractivity contribution in [3.05, 3.63) is 41.4 Å². The molecule has 1 amide bonds. The number of likely N-dealkylation sites (N-methyl/N-ethyl adjacent to an activating group) is 1. The number of rotatable bonds is 8. The molecule has 0 fully saturated rings. The predicted molar refractivity (Wildman–Crippen MR) is 104 cm³/mol. The number of nitrogens with zero attached hydrogens (tertiary/aromatic N) is 1. The van der Waals surface area contributed by atoms with E-state index in [-0.39, 0.29) is 12.5 Å². The molecule has 0 aromatic heterocycles. The predicted octanol–water partition coefficient (Wildman–Crippen LogP) is 3.83. The summed E-state index contributed by atoms with van der Waals surface area (Å²) in [5.74, 6) is 1.62. The van der Waals surface area contributed by atoms with Crippen LogP contribution in [-0.2, 0) is 4.79 Å². The lowest BCUT2D eigenvalue weighted by Gasteiger charge is -2.23. The second-order valence-electron chi connectivity index (χ2n) is 5.45. The fraction of sp³-hybridized carbons (Fsp3) is 0.316. The number of ether oxygens (including phenoxy) is 3. The van der Waals surface area contributed by atoms with Crippen LogP contribution in [0.3, 0.4) is 0 Å². The molecule has 0 unspecified atom stereocenters. The zero-order chi connectivity index (χ0) is 19.1. The number of carbonyl (C=O) groups is 1. The van der Waals surface area contributed by atoms with Crippen molar-refractivity contribution in [1.29, 1.82) is 0 Å². The Morgan fingerprint density at radius 1 is 1.00 bits per heavy atom. The van der Waals surface area contributed by atoms with Gasteiger partial charge in [0, 0.05) is 30.1 Å². The van der Waals surface area contributed by atoms with Gasteiger partial charge in [0.2, 0.25) is 5.91 Å². The number of hydrogen-bond acceptors (Lipinski definition) is 5. The Kier molecular flexibility index (Phi) is 6.97. The van der Waals surface area contributed by atoms with Crippen LogP contribution in [0.1, 0.15) is 6.92 Å². The van der Waals surface area contributed by atoms with Gasteiger partial charge in [0.25, 0.3) is 0 Å². The van der Waals surface area contributed by atoms with E-state index in [1.807, 2.05) is 30.0 Å². The van der Waals surface area contributed by atoms with Crippen molar-refractivity contribution in [3.63, 3.8) is 0 Å². The maximum Gasteiger partial charge on any atom is 0.243 e. The van der Waals surface area contributed by atoms with Gasteiger partial charge in [0.05, 0.1) is 32.9 Å². The molecule has 7 heteroatoms. The second kappa shape index (κ2) is 9.20. The number of halogens is 1. The van der Waals surface area contributed by atoms with Crippen LogP contribution in [0.5, 0.6) is 17.2 Å². The number of amides is 1. The van der Waals surface area contributed by atoms with Crippen LogP contribution < -0.4 is 24.4 Å². The van der Waals surface area contributed by atoms with Crippen molar-refractivity contribution in [3.8, 4) is 17.2 Å². The highest BCUT2D eigenvalue weighted by Crippen LogP contribution is 2.31.